The molecule has 0 unspecified atom stereocenters. The summed E-state index contributed by atoms with van der Waals surface area (Å²) >= 11 is 0. The van der Waals surface area contributed by atoms with E-state index in [1.807, 2.05) is 0 Å². The van der Waals surface area contributed by atoms with Crippen molar-refractivity contribution in [2.75, 3.05) is 5.32 Å². The highest BCUT2D eigenvalue weighted by molar-refractivity contribution is 5.85. The molecule has 0 bridgehead atoms. The average Bonchev–Trinajstić information content (AvgIpc) is 2.14. The Bertz CT molecular complexity index is 403. The number of carbonyl (C=O) groups is 1. The molecule has 1 aromatic rings. The lowest BCUT2D eigenvalue weighted by Crippen LogP contribution is -2.27. The third-order valence-electron chi connectivity index (χ3n) is 1.68. The van der Waals surface area contributed by atoms with Crippen molar-refractivity contribution in [3.05, 3.63) is 24.0 Å². The molecule has 0 aliphatic carbocycles. The first kappa shape index (κ1) is 13.3. The van der Waals surface area contributed by atoms with Crippen LogP contribution < -0.4 is 5.32 Å². The Kier molecular flexibility index (Phi) is 3.98. The predicted octanol–water partition coefficient (Wildman–Crippen LogP) is 3.37. The first-order chi connectivity index (χ1) is 7.79. The number of rotatable bonds is 2. The first-order valence-electron chi connectivity index (χ1n) is 5.02. The largest absolute Gasteiger partial charge is 0.444 e. The van der Waals surface area contributed by atoms with E-state index in [4.69, 9.17) is 4.74 Å². The number of nitrogens with one attached hydrogen (secondary N) is 1. The summed E-state index contributed by atoms with van der Waals surface area (Å²) in [6.45, 7) is 5.05. The molecule has 0 saturated heterocycles. The highest BCUT2D eigenvalue weighted by Gasteiger charge is 2.19. The van der Waals surface area contributed by atoms with Gasteiger partial charge in [-0.3, -0.25) is 10.3 Å². The van der Waals surface area contributed by atoms with Crippen LogP contribution in [-0.2, 0) is 4.74 Å². The minimum Gasteiger partial charge on any atom is -0.444 e. The second-order valence-corrected chi connectivity index (χ2v) is 4.36. The van der Waals surface area contributed by atoms with Gasteiger partial charge < -0.3 is 4.74 Å². The summed E-state index contributed by atoms with van der Waals surface area (Å²) in [5.41, 5.74) is -1.20. The molecule has 0 radical (unpaired) electrons. The summed E-state index contributed by atoms with van der Waals surface area (Å²) in [6, 6.07) is 2.80. The molecule has 0 aliphatic heterocycles. The van der Waals surface area contributed by atoms with Crippen LogP contribution in [0.15, 0.2) is 18.3 Å². The Labute approximate surface area is 98.0 Å². The van der Waals surface area contributed by atoms with Crippen LogP contribution in [-0.4, -0.2) is 16.7 Å². The SMILES string of the molecule is CC(C)(C)OC(=O)Nc1cccnc1C(F)F. The van der Waals surface area contributed by atoms with Gasteiger partial charge in [-0.15, -0.1) is 0 Å². The number of alkyl halides is 2. The standard InChI is InChI=1S/C11H14F2N2O2/c1-11(2,3)17-10(16)15-7-5-4-6-14-8(7)9(12)13/h4-6,9H,1-3H3,(H,15,16). The Morgan fingerprint density at radius 2 is 2.12 bits per heavy atom. The predicted molar refractivity (Wildman–Crippen MR) is 59.1 cm³/mol. The maximum absolute atomic E-state index is 12.6. The van der Waals surface area contributed by atoms with Crippen molar-refractivity contribution in [1.82, 2.24) is 4.98 Å². The van der Waals surface area contributed by atoms with Gasteiger partial charge in [-0.1, -0.05) is 0 Å². The van der Waals surface area contributed by atoms with Gasteiger partial charge in [-0.25, -0.2) is 13.6 Å². The molecule has 4 nitrogen and oxygen atoms in total. The van der Waals surface area contributed by atoms with Gasteiger partial charge in [-0.05, 0) is 32.9 Å². The second kappa shape index (κ2) is 5.07. The lowest BCUT2D eigenvalue weighted by Gasteiger charge is -2.20. The Morgan fingerprint density at radius 1 is 1.47 bits per heavy atom. The Hall–Kier alpha value is -1.72. The van der Waals surface area contributed by atoms with Crippen molar-refractivity contribution in [3.8, 4) is 0 Å². The number of anilines is 1. The van der Waals surface area contributed by atoms with E-state index in [0.29, 0.717) is 0 Å². The van der Waals surface area contributed by atoms with E-state index in [2.05, 4.69) is 10.3 Å². The molecule has 0 aromatic carbocycles. The molecule has 0 spiro atoms. The molecular formula is C11H14F2N2O2. The van der Waals surface area contributed by atoms with Gasteiger partial charge in [0.15, 0.2) is 0 Å². The fraction of sp³-hybridized carbons (Fsp3) is 0.455. The third kappa shape index (κ3) is 4.34. The molecule has 0 aliphatic rings. The molecule has 94 valence electrons. The van der Waals surface area contributed by atoms with Gasteiger partial charge in [0.25, 0.3) is 6.43 Å². The van der Waals surface area contributed by atoms with Crippen molar-refractivity contribution in [2.24, 2.45) is 0 Å². The van der Waals surface area contributed by atoms with Crippen LogP contribution >= 0.6 is 0 Å². The summed E-state index contributed by atoms with van der Waals surface area (Å²) in [5, 5.41) is 2.24. The van der Waals surface area contributed by atoms with Gasteiger partial charge >= 0.3 is 6.09 Å². The summed E-state index contributed by atoms with van der Waals surface area (Å²) in [7, 11) is 0. The van der Waals surface area contributed by atoms with Gasteiger partial charge in [0.2, 0.25) is 0 Å². The lowest BCUT2D eigenvalue weighted by molar-refractivity contribution is 0.0635. The van der Waals surface area contributed by atoms with Crippen LogP contribution in [0, 0.1) is 0 Å². The van der Waals surface area contributed by atoms with Crippen LogP contribution in [0.2, 0.25) is 0 Å². The summed E-state index contributed by atoms with van der Waals surface area (Å²) in [4.78, 5) is 14.9. The molecule has 0 atom stereocenters. The topological polar surface area (TPSA) is 51.2 Å². The maximum Gasteiger partial charge on any atom is 0.412 e. The molecule has 1 heterocycles. The highest BCUT2D eigenvalue weighted by atomic mass is 19.3. The van der Waals surface area contributed by atoms with Gasteiger partial charge in [0, 0.05) is 6.20 Å². The highest BCUT2D eigenvalue weighted by Crippen LogP contribution is 2.24. The van der Waals surface area contributed by atoms with Crippen molar-refractivity contribution in [2.45, 2.75) is 32.8 Å². The maximum atomic E-state index is 12.6. The molecule has 6 heteroatoms. The summed E-state index contributed by atoms with van der Waals surface area (Å²) in [5.74, 6) is 0. The number of aromatic nitrogens is 1. The zero-order valence-corrected chi connectivity index (χ0v) is 9.83. The van der Waals surface area contributed by atoms with Gasteiger partial charge in [0.1, 0.15) is 11.3 Å². The van der Waals surface area contributed by atoms with Crippen LogP contribution in [0.3, 0.4) is 0 Å². The smallest absolute Gasteiger partial charge is 0.412 e. The summed E-state index contributed by atoms with van der Waals surface area (Å²) < 4.78 is 30.1. The van der Waals surface area contributed by atoms with Crippen molar-refractivity contribution in [3.63, 3.8) is 0 Å². The molecule has 0 fully saturated rings. The van der Waals surface area contributed by atoms with Crippen LogP contribution in [0.5, 0.6) is 0 Å². The van der Waals surface area contributed by atoms with E-state index in [9.17, 15) is 13.6 Å². The summed E-state index contributed by atoms with van der Waals surface area (Å²) in [6.07, 6.45) is -2.30. The number of amides is 1. The number of ether oxygens (including phenoxy) is 1. The average molecular weight is 244 g/mol. The monoisotopic (exact) mass is 244 g/mol. The quantitative estimate of drug-likeness (QED) is 0.867. The van der Waals surface area contributed by atoms with E-state index >= 15 is 0 Å². The van der Waals surface area contributed by atoms with E-state index in [0.717, 1.165) is 0 Å². The molecule has 17 heavy (non-hydrogen) atoms. The minimum absolute atomic E-state index is 0.0447. The van der Waals surface area contributed by atoms with Crippen molar-refractivity contribution < 1.29 is 18.3 Å². The van der Waals surface area contributed by atoms with Crippen molar-refractivity contribution in [1.29, 1.82) is 0 Å². The molecule has 1 aromatic heterocycles. The molecule has 0 saturated carbocycles. The number of hydrogen-bond donors (Lipinski definition) is 1. The first-order valence-corrected chi connectivity index (χ1v) is 5.02. The van der Waals surface area contributed by atoms with Gasteiger partial charge in [-0.2, -0.15) is 0 Å². The molecular weight excluding hydrogens is 230 g/mol. The fourth-order valence-corrected chi connectivity index (χ4v) is 1.11. The van der Waals surface area contributed by atoms with E-state index in [1.54, 1.807) is 20.8 Å². The third-order valence-corrected chi connectivity index (χ3v) is 1.68. The number of nitrogens with zero attached hydrogens (tertiary/aromatic N) is 1. The van der Waals surface area contributed by atoms with E-state index < -0.39 is 23.8 Å². The molecule has 1 N–H and O–H groups in total. The van der Waals surface area contributed by atoms with Gasteiger partial charge in [0.05, 0.1) is 5.69 Å². The molecule has 1 rings (SSSR count). The van der Waals surface area contributed by atoms with Crippen LogP contribution in [0.1, 0.15) is 32.9 Å². The number of halogens is 2. The van der Waals surface area contributed by atoms with E-state index in [-0.39, 0.29) is 5.69 Å². The second-order valence-electron chi connectivity index (χ2n) is 4.36. The fourth-order valence-electron chi connectivity index (χ4n) is 1.11. The number of hydrogen-bond acceptors (Lipinski definition) is 3. The lowest BCUT2D eigenvalue weighted by atomic mass is 10.2. The normalized spacial score (nSPS) is 11.4. The van der Waals surface area contributed by atoms with E-state index in [1.165, 1.54) is 18.3 Å². The zero-order valence-electron chi connectivity index (χ0n) is 9.83. The van der Waals surface area contributed by atoms with Crippen molar-refractivity contribution >= 4 is 11.8 Å². The Morgan fingerprint density at radius 3 is 2.65 bits per heavy atom. The molecule has 1 amide bonds. The number of carbonyl (C=O) groups excluding carboxylic acids is 1. The Balaban J connectivity index is 2.78. The van der Waals surface area contributed by atoms with Crippen LogP contribution in [0.4, 0.5) is 19.3 Å². The minimum atomic E-state index is -2.75. The zero-order chi connectivity index (χ0) is 13.1. The number of pyridine rings is 1. The van der Waals surface area contributed by atoms with Crippen LogP contribution in [0.25, 0.3) is 0 Å².